The molecule has 0 unspecified atom stereocenters. The lowest BCUT2D eigenvalue weighted by Crippen LogP contribution is -2.50. The van der Waals surface area contributed by atoms with Crippen LogP contribution >= 0.6 is 27.7 Å². The van der Waals surface area contributed by atoms with Crippen molar-refractivity contribution in [1.82, 2.24) is 10.2 Å². The number of hydrogen-bond donors (Lipinski definition) is 2. The van der Waals surface area contributed by atoms with Gasteiger partial charge in [-0.25, -0.2) is 0 Å². The Balaban J connectivity index is 1.36. The van der Waals surface area contributed by atoms with Crippen LogP contribution in [0.1, 0.15) is 35.2 Å². The van der Waals surface area contributed by atoms with Crippen LogP contribution in [0.3, 0.4) is 0 Å². The smallest absolute Gasteiger partial charge is 0.253 e. The second-order valence-corrected chi connectivity index (χ2v) is 9.97. The summed E-state index contributed by atoms with van der Waals surface area (Å²) in [5, 5.41) is 6.41. The van der Waals surface area contributed by atoms with Crippen LogP contribution in [0.5, 0.6) is 0 Å². The molecule has 158 valence electrons. The molecule has 0 bridgehead atoms. The molecule has 1 aliphatic heterocycles. The maximum atomic E-state index is 12.7. The van der Waals surface area contributed by atoms with E-state index in [9.17, 15) is 9.59 Å². The molecule has 2 aromatic carbocycles. The highest BCUT2D eigenvalue weighted by molar-refractivity contribution is 9.10. The summed E-state index contributed by atoms with van der Waals surface area (Å²) in [4.78, 5) is 27.2. The van der Waals surface area contributed by atoms with Crippen molar-refractivity contribution >= 4 is 45.2 Å². The van der Waals surface area contributed by atoms with Gasteiger partial charge >= 0.3 is 0 Å². The van der Waals surface area contributed by atoms with Crippen molar-refractivity contribution in [2.24, 2.45) is 0 Å². The molecular weight excluding hydrogens is 462 g/mol. The van der Waals surface area contributed by atoms with Gasteiger partial charge in [0.1, 0.15) is 0 Å². The van der Waals surface area contributed by atoms with Crippen LogP contribution in [0, 0.1) is 0 Å². The molecule has 2 aromatic rings. The van der Waals surface area contributed by atoms with Gasteiger partial charge in [-0.3, -0.25) is 14.9 Å². The summed E-state index contributed by atoms with van der Waals surface area (Å²) in [5.41, 5.74) is 2.38. The molecule has 2 fully saturated rings. The maximum Gasteiger partial charge on any atom is 0.253 e. The Hall–Kier alpha value is -1.83. The van der Waals surface area contributed by atoms with E-state index in [0.717, 1.165) is 48.3 Å². The average Bonchev–Trinajstić information content (AvgIpc) is 2.74. The Morgan fingerprint density at radius 1 is 1.07 bits per heavy atom. The summed E-state index contributed by atoms with van der Waals surface area (Å²) >= 11 is 5.36. The minimum atomic E-state index is -0.123. The summed E-state index contributed by atoms with van der Waals surface area (Å²) in [6.07, 6.45) is 3.21. The third-order valence-corrected chi connectivity index (χ3v) is 7.35. The number of nitrogens with one attached hydrogen (secondary N) is 2. The zero-order valence-corrected chi connectivity index (χ0v) is 19.2. The van der Waals surface area contributed by atoms with Crippen LogP contribution in [-0.4, -0.2) is 47.9 Å². The van der Waals surface area contributed by atoms with Crippen molar-refractivity contribution in [2.45, 2.75) is 24.8 Å². The van der Waals surface area contributed by atoms with Crippen molar-refractivity contribution in [1.29, 1.82) is 0 Å². The first-order chi connectivity index (χ1) is 14.6. The number of rotatable bonds is 6. The molecule has 1 saturated carbocycles. The van der Waals surface area contributed by atoms with Crippen LogP contribution in [0.25, 0.3) is 0 Å². The number of anilines is 1. The molecule has 0 radical (unpaired) electrons. The SMILES string of the molecule is O=C(CNC1(c2ccc(Br)cc2)CCC1)Nc1cccc(C(=O)N2CCSCC2)c1. The molecule has 30 heavy (non-hydrogen) atoms. The standard InChI is InChI=1S/C23H26BrN3O2S/c24-19-7-5-18(6-8-19)23(9-2-10-23)25-16-21(28)26-20-4-1-3-17(15-20)22(29)27-11-13-30-14-12-27/h1,3-8,15,25H,2,9-14,16H2,(H,26,28). The lowest BCUT2D eigenvalue weighted by Gasteiger charge is -2.43. The molecule has 2 N–H and O–H groups in total. The van der Waals surface area contributed by atoms with Gasteiger partial charge in [0.15, 0.2) is 0 Å². The molecule has 0 spiro atoms. The van der Waals surface area contributed by atoms with E-state index in [-0.39, 0.29) is 23.9 Å². The van der Waals surface area contributed by atoms with Crippen molar-refractivity contribution in [2.75, 3.05) is 36.5 Å². The van der Waals surface area contributed by atoms with Crippen LogP contribution < -0.4 is 10.6 Å². The van der Waals surface area contributed by atoms with Crippen LogP contribution in [0.4, 0.5) is 5.69 Å². The topological polar surface area (TPSA) is 61.4 Å². The van der Waals surface area contributed by atoms with Gasteiger partial charge in [0.25, 0.3) is 5.91 Å². The average molecular weight is 488 g/mol. The van der Waals surface area contributed by atoms with Crippen LogP contribution in [0.15, 0.2) is 53.0 Å². The second-order valence-electron chi connectivity index (χ2n) is 7.83. The van der Waals surface area contributed by atoms with Crippen LogP contribution in [0.2, 0.25) is 0 Å². The first-order valence-electron chi connectivity index (χ1n) is 10.3. The summed E-state index contributed by atoms with van der Waals surface area (Å²) in [6.45, 7) is 1.79. The van der Waals surface area contributed by atoms with Gasteiger partial charge in [0.2, 0.25) is 5.91 Å². The zero-order chi connectivity index (χ0) is 21.0. The molecule has 1 aliphatic carbocycles. The van der Waals surface area contributed by atoms with E-state index in [2.05, 4.69) is 38.7 Å². The van der Waals surface area contributed by atoms with Gasteiger partial charge in [0.05, 0.1) is 6.54 Å². The minimum Gasteiger partial charge on any atom is -0.337 e. The Kier molecular flexibility index (Phi) is 6.80. The molecule has 2 amide bonds. The van der Waals surface area contributed by atoms with E-state index in [4.69, 9.17) is 0 Å². The van der Waals surface area contributed by atoms with Gasteiger partial charge in [-0.2, -0.15) is 11.8 Å². The first-order valence-corrected chi connectivity index (χ1v) is 12.3. The predicted molar refractivity (Wildman–Crippen MR) is 126 cm³/mol. The van der Waals surface area contributed by atoms with Crippen molar-refractivity contribution in [3.8, 4) is 0 Å². The molecule has 1 saturated heterocycles. The fourth-order valence-electron chi connectivity index (χ4n) is 4.00. The fourth-order valence-corrected chi connectivity index (χ4v) is 5.17. The summed E-state index contributed by atoms with van der Waals surface area (Å²) in [5.74, 6) is 1.90. The third-order valence-electron chi connectivity index (χ3n) is 5.88. The van der Waals surface area contributed by atoms with E-state index >= 15 is 0 Å². The highest BCUT2D eigenvalue weighted by Crippen LogP contribution is 2.41. The number of thioether (sulfide) groups is 1. The van der Waals surface area contributed by atoms with Gasteiger partial charge in [-0.05, 0) is 55.2 Å². The molecule has 0 aromatic heterocycles. The minimum absolute atomic E-state index is 0.0354. The van der Waals surface area contributed by atoms with Gasteiger partial charge < -0.3 is 10.2 Å². The third kappa shape index (κ3) is 4.90. The van der Waals surface area contributed by atoms with Crippen LogP contribution in [-0.2, 0) is 10.3 Å². The largest absolute Gasteiger partial charge is 0.337 e. The van der Waals surface area contributed by atoms with E-state index in [1.165, 1.54) is 5.56 Å². The number of hydrogen-bond acceptors (Lipinski definition) is 4. The van der Waals surface area contributed by atoms with Gasteiger partial charge in [0, 0.05) is 45.9 Å². The molecule has 4 rings (SSSR count). The number of benzene rings is 2. The van der Waals surface area contributed by atoms with Crippen molar-refractivity contribution < 1.29 is 9.59 Å². The zero-order valence-electron chi connectivity index (χ0n) is 16.8. The molecule has 5 nitrogen and oxygen atoms in total. The Bertz CT molecular complexity index is 909. The highest BCUT2D eigenvalue weighted by atomic mass is 79.9. The normalized spacial score (nSPS) is 17.8. The summed E-state index contributed by atoms with van der Waals surface area (Å²) < 4.78 is 1.05. The predicted octanol–water partition coefficient (Wildman–Crippen LogP) is 4.25. The van der Waals surface area contributed by atoms with Gasteiger partial charge in [-0.15, -0.1) is 0 Å². The molecule has 1 heterocycles. The highest BCUT2D eigenvalue weighted by Gasteiger charge is 2.38. The number of carbonyl (C=O) groups excluding carboxylic acids is 2. The monoisotopic (exact) mass is 487 g/mol. The lowest BCUT2D eigenvalue weighted by molar-refractivity contribution is -0.116. The van der Waals surface area contributed by atoms with E-state index in [1.54, 1.807) is 6.07 Å². The summed E-state index contributed by atoms with van der Waals surface area (Å²) in [7, 11) is 0. The van der Waals surface area contributed by atoms with Crippen molar-refractivity contribution in [3.05, 3.63) is 64.1 Å². The number of amides is 2. The van der Waals surface area contributed by atoms with Crippen molar-refractivity contribution in [3.63, 3.8) is 0 Å². The molecule has 7 heteroatoms. The quantitative estimate of drug-likeness (QED) is 0.639. The molecular formula is C23H26BrN3O2S. The Labute approximate surface area is 190 Å². The van der Waals surface area contributed by atoms with E-state index < -0.39 is 0 Å². The van der Waals surface area contributed by atoms with Gasteiger partial charge in [-0.1, -0.05) is 34.1 Å². The Morgan fingerprint density at radius 2 is 1.80 bits per heavy atom. The second kappa shape index (κ2) is 9.54. The van der Waals surface area contributed by atoms with E-state index in [0.29, 0.717) is 11.3 Å². The summed E-state index contributed by atoms with van der Waals surface area (Å²) in [6, 6.07) is 15.6. The fraction of sp³-hybridized carbons (Fsp3) is 0.391. The first kappa shape index (κ1) is 21.4. The number of halogens is 1. The molecule has 2 aliphatic rings. The number of carbonyl (C=O) groups is 2. The number of nitrogens with zero attached hydrogens (tertiary/aromatic N) is 1. The van der Waals surface area contributed by atoms with E-state index in [1.807, 2.05) is 47.0 Å². The Morgan fingerprint density at radius 3 is 2.47 bits per heavy atom. The molecule has 0 atom stereocenters. The maximum absolute atomic E-state index is 12.7. The lowest BCUT2D eigenvalue weighted by atomic mass is 9.72.